The van der Waals surface area contributed by atoms with Crippen LogP contribution in [0.4, 0.5) is 0 Å². The van der Waals surface area contributed by atoms with Crippen LogP contribution in [0, 0.1) is 0 Å². The fraction of sp³-hybridized carbons (Fsp3) is 0.667. The molecule has 0 rings (SSSR count). The van der Waals surface area contributed by atoms with Crippen LogP contribution in [0.2, 0.25) is 0 Å². The van der Waals surface area contributed by atoms with Crippen molar-refractivity contribution in [3.63, 3.8) is 0 Å². The third kappa shape index (κ3) is 4.44. The molecular formula is C9H16N2O4. The van der Waals surface area contributed by atoms with Gasteiger partial charge in [0.15, 0.2) is 0 Å². The summed E-state index contributed by atoms with van der Waals surface area (Å²) in [5, 5.41) is 10.9. The molecule has 0 spiro atoms. The van der Waals surface area contributed by atoms with Crippen LogP contribution in [0.5, 0.6) is 0 Å². The van der Waals surface area contributed by atoms with Gasteiger partial charge in [0.1, 0.15) is 6.04 Å². The molecule has 0 saturated carbocycles. The number of carboxylic acids is 1. The molecule has 0 saturated heterocycles. The van der Waals surface area contributed by atoms with E-state index in [1.54, 1.807) is 6.92 Å². The highest BCUT2D eigenvalue weighted by molar-refractivity contribution is 6.35. The molecule has 2 N–H and O–H groups in total. The lowest BCUT2D eigenvalue weighted by Gasteiger charge is -2.15. The number of carbonyl (C=O) groups is 3. The summed E-state index contributed by atoms with van der Waals surface area (Å²) in [5.41, 5.74) is 0. The number of carbonyl (C=O) groups excluding carboxylic acids is 2. The van der Waals surface area contributed by atoms with Crippen molar-refractivity contribution in [3.8, 4) is 0 Å². The maximum atomic E-state index is 11.2. The number of likely N-dealkylation sites (N-methyl/N-ethyl adjacent to an activating group) is 1. The molecule has 6 nitrogen and oxygen atoms in total. The van der Waals surface area contributed by atoms with Crippen LogP contribution in [-0.2, 0) is 14.4 Å². The fourth-order valence-electron chi connectivity index (χ4n) is 0.969. The van der Waals surface area contributed by atoms with E-state index >= 15 is 0 Å². The van der Waals surface area contributed by atoms with Crippen molar-refractivity contribution >= 4 is 17.8 Å². The van der Waals surface area contributed by atoms with Gasteiger partial charge >= 0.3 is 17.8 Å². The predicted molar refractivity (Wildman–Crippen MR) is 53.2 cm³/mol. The Balaban J connectivity index is 4.35. The average molecular weight is 216 g/mol. The van der Waals surface area contributed by atoms with Gasteiger partial charge in [-0.1, -0.05) is 13.3 Å². The van der Waals surface area contributed by atoms with Crippen molar-refractivity contribution in [3.05, 3.63) is 0 Å². The highest BCUT2D eigenvalue weighted by Gasteiger charge is 2.23. The Bertz CT molecular complexity index is 263. The molecule has 0 heterocycles. The SMILES string of the molecule is CCCC(NC(=O)C(=O)N(C)C)C(=O)O. The highest BCUT2D eigenvalue weighted by Crippen LogP contribution is 1.97. The minimum atomic E-state index is -1.13. The monoisotopic (exact) mass is 216 g/mol. The molecule has 15 heavy (non-hydrogen) atoms. The van der Waals surface area contributed by atoms with Crippen molar-refractivity contribution in [2.24, 2.45) is 0 Å². The fourth-order valence-corrected chi connectivity index (χ4v) is 0.969. The number of rotatable bonds is 4. The zero-order valence-electron chi connectivity index (χ0n) is 9.11. The van der Waals surface area contributed by atoms with E-state index < -0.39 is 23.8 Å². The molecule has 0 radical (unpaired) electrons. The van der Waals surface area contributed by atoms with E-state index in [0.717, 1.165) is 4.90 Å². The lowest BCUT2D eigenvalue weighted by molar-refractivity contribution is -0.147. The number of aliphatic carboxylic acids is 1. The van der Waals surface area contributed by atoms with Gasteiger partial charge in [-0.05, 0) is 6.42 Å². The van der Waals surface area contributed by atoms with Gasteiger partial charge in [0.05, 0.1) is 0 Å². The smallest absolute Gasteiger partial charge is 0.326 e. The van der Waals surface area contributed by atoms with Gasteiger partial charge in [-0.25, -0.2) is 4.79 Å². The molecule has 1 atom stereocenters. The standard InChI is InChI=1S/C9H16N2O4/c1-4-5-6(9(14)15)10-7(12)8(13)11(2)3/h6H,4-5H2,1-3H3,(H,10,12)(H,14,15). The second-order valence-corrected chi connectivity index (χ2v) is 3.35. The summed E-state index contributed by atoms with van der Waals surface area (Å²) in [6, 6.07) is -0.994. The van der Waals surface area contributed by atoms with Crippen molar-refractivity contribution in [1.29, 1.82) is 0 Å². The largest absolute Gasteiger partial charge is 0.480 e. The number of nitrogens with one attached hydrogen (secondary N) is 1. The van der Waals surface area contributed by atoms with E-state index in [1.165, 1.54) is 14.1 Å². The van der Waals surface area contributed by atoms with E-state index in [0.29, 0.717) is 12.8 Å². The highest BCUT2D eigenvalue weighted by atomic mass is 16.4. The summed E-state index contributed by atoms with van der Waals surface area (Å²) in [6.45, 7) is 1.80. The first-order chi connectivity index (χ1) is 6.90. The van der Waals surface area contributed by atoms with Crippen LogP contribution in [0.25, 0.3) is 0 Å². The van der Waals surface area contributed by atoms with Gasteiger partial charge in [-0.15, -0.1) is 0 Å². The summed E-state index contributed by atoms with van der Waals surface area (Å²) in [5.74, 6) is -2.77. The summed E-state index contributed by atoms with van der Waals surface area (Å²) >= 11 is 0. The zero-order valence-corrected chi connectivity index (χ0v) is 9.11. The first-order valence-corrected chi connectivity index (χ1v) is 4.65. The quantitative estimate of drug-likeness (QED) is 0.617. The molecule has 0 aliphatic carbocycles. The minimum absolute atomic E-state index is 0.307. The lowest BCUT2D eigenvalue weighted by atomic mass is 10.1. The summed E-state index contributed by atoms with van der Waals surface area (Å²) in [7, 11) is 2.86. The molecule has 1 unspecified atom stereocenters. The first kappa shape index (κ1) is 13.4. The van der Waals surface area contributed by atoms with Crippen molar-refractivity contribution in [1.82, 2.24) is 10.2 Å². The van der Waals surface area contributed by atoms with E-state index in [1.807, 2.05) is 0 Å². The predicted octanol–water partition coefficient (Wildman–Crippen LogP) is -0.556. The zero-order chi connectivity index (χ0) is 12.0. The Morgan fingerprint density at radius 2 is 1.87 bits per heavy atom. The normalized spacial score (nSPS) is 11.7. The number of hydrogen-bond donors (Lipinski definition) is 2. The van der Waals surface area contributed by atoms with Gasteiger partial charge in [0.2, 0.25) is 0 Å². The molecule has 0 aliphatic rings. The number of nitrogens with zero attached hydrogens (tertiary/aromatic N) is 1. The maximum Gasteiger partial charge on any atom is 0.326 e. The first-order valence-electron chi connectivity index (χ1n) is 4.65. The number of amides is 2. The molecule has 86 valence electrons. The van der Waals surface area contributed by atoms with Crippen LogP contribution in [0.15, 0.2) is 0 Å². The summed E-state index contributed by atoms with van der Waals surface area (Å²) in [4.78, 5) is 34.1. The van der Waals surface area contributed by atoms with Gasteiger partial charge in [0, 0.05) is 14.1 Å². The van der Waals surface area contributed by atoms with Gasteiger partial charge in [-0.3, -0.25) is 9.59 Å². The second kappa shape index (κ2) is 6.00. The van der Waals surface area contributed by atoms with Gasteiger partial charge < -0.3 is 15.3 Å². The topological polar surface area (TPSA) is 86.7 Å². The minimum Gasteiger partial charge on any atom is -0.480 e. The molecule has 0 bridgehead atoms. The Morgan fingerprint density at radius 1 is 1.33 bits per heavy atom. The van der Waals surface area contributed by atoms with Crippen LogP contribution >= 0.6 is 0 Å². The Kier molecular flexibility index (Phi) is 5.36. The molecular weight excluding hydrogens is 200 g/mol. The molecule has 0 fully saturated rings. The Morgan fingerprint density at radius 3 is 2.20 bits per heavy atom. The van der Waals surface area contributed by atoms with Crippen LogP contribution in [-0.4, -0.2) is 47.9 Å². The van der Waals surface area contributed by atoms with E-state index in [4.69, 9.17) is 5.11 Å². The Hall–Kier alpha value is -1.59. The van der Waals surface area contributed by atoms with Crippen LogP contribution in [0.1, 0.15) is 19.8 Å². The summed E-state index contributed by atoms with van der Waals surface area (Å²) in [6.07, 6.45) is 0.926. The van der Waals surface area contributed by atoms with Crippen LogP contribution < -0.4 is 5.32 Å². The second-order valence-electron chi connectivity index (χ2n) is 3.35. The number of carboxylic acid groups (broad SMARTS) is 1. The van der Waals surface area contributed by atoms with Gasteiger partial charge in [-0.2, -0.15) is 0 Å². The van der Waals surface area contributed by atoms with E-state index in [2.05, 4.69) is 5.32 Å². The van der Waals surface area contributed by atoms with Crippen molar-refractivity contribution in [2.45, 2.75) is 25.8 Å². The molecule has 2 amide bonds. The maximum absolute atomic E-state index is 11.2. The van der Waals surface area contributed by atoms with Crippen molar-refractivity contribution in [2.75, 3.05) is 14.1 Å². The molecule has 0 aliphatic heterocycles. The molecule has 6 heteroatoms. The lowest BCUT2D eigenvalue weighted by Crippen LogP contribution is -2.47. The molecule has 0 aromatic carbocycles. The third-order valence-electron chi connectivity index (χ3n) is 1.78. The third-order valence-corrected chi connectivity index (χ3v) is 1.78. The van der Waals surface area contributed by atoms with Crippen LogP contribution in [0.3, 0.4) is 0 Å². The average Bonchev–Trinajstić information content (AvgIpc) is 2.15. The molecule has 0 aromatic heterocycles. The van der Waals surface area contributed by atoms with E-state index in [9.17, 15) is 14.4 Å². The van der Waals surface area contributed by atoms with Gasteiger partial charge in [0.25, 0.3) is 0 Å². The Labute approximate surface area is 88.2 Å². The van der Waals surface area contributed by atoms with E-state index in [-0.39, 0.29) is 0 Å². The molecule has 0 aromatic rings. The summed E-state index contributed by atoms with van der Waals surface area (Å²) < 4.78 is 0. The number of hydrogen-bond acceptors (Lipinski definition) is 3. The van der Waals surface area contributed by atoms with Crippen molar-refractivity contribution < 1.29 is 19.5 Å².